The van der Waals surface area contributed by atoms with E-state index < -0.39 is 5.60 Å². The van der Waals surface area contributed by atoms with E-state index in [-0.39, 0.29) is 51.8 Å². The molecule has 4 aliphatic rings. The normalized spacial score (nSPS) is 39.0. The average Bonchev–Trinajstić information content (AvgIpc) is 3.34. The van der Waals surface area contributed by atoms with E-state index in [4.69, 9.17) is 4.74 Å². The topological polar surface area (TPSA) is 107 Å². The molecule has 1 aromatic rings. The fourth-order valence-corrected chi connectivity index (χ4v) is 11.5. The minimum absolute atomic E-state index is 0.0793. The second-order valence-corrected chi connectivity index (χ2v) is 16.8. The molecule has 1 aromatic carbocycles. The third kappa shape index (κ3) is 5.77. The van der Waals surface area contributed by atoms with Crippen molar-refractivity contribution in [3.8, 4) is 11.5 Å². The minimum Gasteiger partial charge on any atom is -0.504 e. The SMILES string of the molecule is C/C(=C/CCC(C)(O)C1CC[C@]2(C)C1CCC1[C@@]3(C)CC[C@H](OC(=O)/C=C/c4ccc(O)c(O)c4)C(C)(C)C3CC[C@]12C)CO. The number of allylic oxidation sites excluding steroid dienone is 1. The van der Waals surface area contributed by atoms with Crippen LogP contribution >= 0.6 is 0 Å². The van der Waals surface area contributed by atoms with Gasteiger partial charge in [0.25, 0.3) is 0 Å². The summed E-state index contributed by atoms with van der Waals surface area (Å²) in [6, 6.07) is 4.48. The lowest BCUT2D eigenvalue weighted by Crippen LogP contribution is -2.64. The van der Waals surface area contributed by atoms with Crippen LogP contribution in [-0.4, -0.2) is 44.7 Å². The van der Waals surface area contributed by atoms with Crippen LogP contribution in [0.5, 0.6) is 11.5 Å². The summed E-state index contributed by atoms with van der Waals surface area (Å²) in [5.41, 5.74) is 1.29. The van der Waals surface area contributed by atoms with E-state index in [0.717, 1.165) is 44.1 Å². The molecule has 0 heterocycles. The molecule has 4 aliphatic carbocycles. The summed E-state index contributed by atoms with van der Waals surface area (Å²) in [5, 5.41) is 40.6. The Morgan fingerprint density at radius 1 is 0.956 bits per heavy atom. The molecule has 6 heteroatoms. The van der Waals surface area contributed by atoms with E-state index in [1.54, 1.807) is 12.1 Å². The monoisotopic (exact) mass is 622 g/mol. The average molecular weight is 623 g/mol. The number of carbonyl (C=O) groups is 1. The maximum absolute atomic E-state index is 13.0. The number of benzene rings is 1. The summed E-state index contributed by atoms with van der Waals surface area (Å²) in [5.74, 6) is 1.10. The summed E-state index contributed by atoms with van der Waals surface area (Å²) in [4.78, 5) is 13.0. The Kier molecular flexibility index (Phi) is 9.11. The first-order valence-electron chi connectivity index (χ1n) is 17.4. The van der Waals surface area contributed by atoms with Gasteiger partial charge in [0.2, 0.25) is 0 Å². The van der Waals surface area contributed by atoms with Gasteiger partial charge in [-0.3, -0.25) is 0 Å². The van der Waals surface area contributed by atoms with Crippen molar-refractivity contribution < 1.29 is 30.0 Å². The van der Waals surface area contributed by atoms with Gasteiger partial charge in [-0.2, -0.15) is 0 Å². The molecule has 0 amide bonds. The van der Waals surface area contributed by atoms with Gasteiger partial charge in [-0.1, -0.05) is 52.3 Å². The molecular formula is C39H58O6. The molecule has 0 spiro atoms. The van der Waals surface area contributed by atoms with Crippen LogP contribution in [0.4, 0.5) is 0 Å². The number of aliphatic hydroxyl groups is 2. The number of phenolic OH excluding ortho intramolecular Hbond substituents is 2. The lowest BCUT2D eigenvalue weighted by atomic mass is 9.35. The maximum atomic E-state index is 13.0. The molecule has 0 bridgehead atoms. The summed E-state index contributed by atoms with van der Waals surface area (Å²) < 4.78 is 6.15. The van der Waals surface area contributed by atoms with Crippen LogP contribution in [0.25, 0.3) is 6.08 Å². The number of phenols is 2. The van der Waals surface area contributed by atoms with Gasteiger partial charge in [-0.25, -0.2) is 4.79 Å². The van der Waals surface area contributed by atoms with Crippen LogP contribution < -0.4 is 0 Å². The maximum Gasteiger partial charge on any atom is 0.331 e. The van der Waals surface area contributed by atoms with Crippen LogP contribution in [0.3, 0.4) is 0 Å². The van der Waals surface area contributed by atoms with Gasteiger partial charge in [0.1, 0.15) is 6.10 Å². The van der Waals surface area contributed by atoms with Crippen molar-refractivity contribution in [2.75, 3.05) is 6.61 Å². The van der Waals surface area contributed by atoms with Gasteiger partial charge in [-0.05, 0) is 142 Å². The van der Waals surface area contributed by atoms with Crippen LogP contribution in [0, 0.1) is 45.3 Å². The molecule has 4 fully saturated rings. The standard InChI is InChI=1S/C39H58O6/c1-25(24-40)9-8-19-39(7,44)28-16-21-37(5)27(28)12-14-32-36(4)20-18-33(35(2,3)31(36)17-22-38(32,37)6)45-34(43)15-11-26-10-13-29(41)30(42)23-26/h9-11,13,15,23,27-28,31-33,40-42,44H,8,12,14,16-22,24H2,1-7H3/b15-11+,25-9-/t27?,28?,31?,32?,33-,36-,37+,38+,39?/m0/s1. The Morgan fingerprint density at radius 2 is 1.67 bits per heavy atom. The fraction of sp³-hybridized carbons (Fsp3) is 0.718. The fourth-order valence-electron chi connectivity index (χ4n) is 11.5. The summed E-state index contributed by atoms with van der Waals surface area (Å²) >= 11 is 0. The first-order chi connectivity index (χ1) is 21.0. The first-order valence-corrected chi connectivity index (χ1v) is 17.4. The molecule has 0 aromatic heterocycles. The Morgan fingerprint density at radius 3 is 2.36 bits per heavy atom. The number of rotatable bonds is 8. The zero-order chi connectivity index (χ0) is 33.0. The van der Waals surface area contributed by atoms with Gasteiger partial charge in [0.15, 0.2) is 11.5 Å². The molecule has 250 valence electrons. The summed E-state index contributed by atoms with van der Waals surface area (Å²) in [6.45, 7) is 16.4. The van der Waals surface area contributed by atoms with Gasteiger partial charge >= 0.3 is 5.97 Å². The Balaban J connectivity index is 1.30. The van der Waals surface area contributed by atoms with E-state index in [1.165, 1.54) is 43.9 Å². The van der Waals surface area contributed by atoms with E-state index in [2.05, 4.69) is 47.6 Å². The molecule has 0 radical (unpaired) electrons. The lowest BCUT2D eigenvalue weighted by molar-refractivity contribution is -0.229. The van der Waals surface area contributed by atoms with E-state index in [9.17, 15) is 25.2 Å². The quantitative estimate of drug-likeness (QED) is 0.101. The number of hydrogen-bond acceptors (Lipinski definition) is 6. The zero-order valence-electron chi connectivity index (χ0n) is 28.7. The number of fused-ring (bicyclic) bond motifs is 5. The zero-order valence-corrected chi connectivity index (χ0v) is 28.7. The van der Waals surface area contributed by atoms with Crippen molar-refractivity contribution in [1.82, 2.24) is 0 Å². The van der Waals surface area contributed by atoms with Crippen LogP contribution in [0.15, 0.2) is 35.9 Å². The predicted molar refractivity (Wildman–Crippen MR) is 178 cm³/mol. The van der Waals surface area contributed by atoms with Crippen molar-refractivity contribution in [2.24, 2.45) is 45.3 Å². The van der Waals surface area contributed by atoms with Gasteiger partial charge in [0.05, 0.1) is 12.2 Å². The number of carbonyl (C=O) groups excluding carboxylic acids is 1. The molecule has 5 rings (SSSR count). The molecule has 4 saturated carbocycles. The first kappa shape index (κ1) is 34.0. The smallest absolute Gasteiger partial charge is 0.331 e. The van der Waals surface area contributed by atoms with Crippen molar-refractivity contribution >= 4 is 12.0 Å². The minimum atomic E-state index is -0.708. The Labute approximate surface area is 271 Å². The molecule has 45 heavy (non-hydrogen) atoms. The highest BCUT2D eigenvalue weighted by atomic mass is 16.5. The van der Waals surface area contributed by atoms with Crippen LogP contribution in [0.2, 0.25) is 0 Å². The summed E-state index contributed by atoms with van der Waals surface area (Å²) in [7, 11) is 0. The van der Waals surface area contributed by atoms with Gasteiger partial charge < -0.3 is 25.2 Å². The van der Waals surface area contributed by atoms with Crippen molar-refractivity contribution in [2.45, 2.75) is 124 Å². The molecule has 0 saturated heterocycles. The second-order valence-electron chi connectivity index (χ2n) is 16.8. The lowest BCUT2D eigenvalue weighted by Gasteiger charge is -2.70. The van der Waals surface area contributed by atoms with Crippen molar-refractivity contribution in [1.29, 1.82) is 0 Å². The highest BCUT2D eigenvalue weighted by molar-refractivity contribution is 5.87. The molecule has 5 unspecified atom stereocenters. The highest BCUT2D eigenvalue weighted by Crippen LogP contribution is 2.76. The van der Waals surface area contributed by atoms with Crippen LogP contribution in [-0.2, 0) is 9.53 Å². The van der Waals surface area contributed by atoms with Crippen molar-refractivity contribution in [3.63, 3.8) is 0 Å². The van der Waals surface area contributed by atoms with Gasteiger partial charge in [-0.15, -0.1) is 0 Å². The largest absolute Gasteiger partial charge is 0.504 e. The van der Waals surface area contributed by atoms with E-state index >= 15 is 0 Å². The number of aromatic hydroxyl groups is 2. The van der Waals surface area contributed by atoms with E-state index in [0.29, 0.717) is 29.2 Å². The number of hydrogen-bond donors (Lipinski definition) is 4. The molecule has 9 atom stereocenters. The Bertz CT molecular complexity index is 1330. The number of ether oxygens (including phenoxy) is 1. The molecule has 6 nitrogen and oxygen atoms in total. The van der Waals surface area contributed by atoms with Crippen molar-refractivity contribution in [3.05, 3.63) is 41.5 Å². The molecule has 0 aliphatic heterocycles. The predicted octanol–water partition coefficient (Wildman–Crippen LogP) is 8.18. The third-order valence-electron chi connectivity index (χ3n) is 14.2. The summed E-state index contributed by atoms with van der Waals surface area (Å²) in [6.07, 6.45) is 15.3. The molecular weight excluding hydrogens is 564 g/mol. The molecule has 4 N–H and O–H groups in total. The third-order valence-corrected chi connectivity index (χ3v) is 14.2. The Hall–Kier alpha value is -2.31. The highest BCUT2D eigenvalue weighted by Gasteiger charge is 2.69. The second kappa shape index (κ2) is 12.0. The number of aliphatic hydroxyl groups excluding tert-OH is 1. The number of esters is 1. The van der Waals surface area contributed by atoms with Crippen LogP contribution in [0.1, 0.15) is 118 Å². The van der Waals surface area contributed by atoms with E-state index in [1.807, 2.05) is 6.92 Å². The van der Waals surface area contributed by atoms with Gasteiger partial charge in [0, 0.05) is 11.5 Å².